The number of fused-ring (bicyclic) bond motifs is 4. The largest absolute Gasteiger partial charge is 0.489 e. The molecule has 2 aliphatic heterocycles. The highest BCUT2D eigenvalue weighted by Gasteiger charge is 2.32. The van der Waals surface area contributed by atoms with Crippen molar-refractivity contribution in [1.29, 1.82) is 0 Å². The van der Waals surface area contributed by atoms with Gasteiger partial charge in [0.05, 0.1) is 18.3 Å². The highest BCUT2D eigenvalue weighted by atomic mass is 32.2. The number of ether oxygens (including phenoxy) is 1. The van der Waals surface area contributed by atoms with Crippen molar-refractivity contribution in [1.82, 2.24) is 29.2 Å². The molecule has 2 aliphatic rings. The van der Waals surface area contributed by atoms with Crippen LogP contribution in [0, 0.1) is 0 Å². The molecule has 3 aromatic heterocycles. The Bertz CT molecular complexity index is 1760. The van der Waals surface area contributed by atoms with Crippen LogP contribution in [0.2, 0.25) is 0 Å². The van der Waals surface area contributed by atoms with Gasteiger partial charge in [0.25, 0.3) is 5.56 Å². The first-order valence-electron chi connectivity index (χ1n) is 12.5. The lowest BCUT2D eigenvalue weighted by Gasteiger charge is -2.44. The molecule has 1 atom stereocenters. The van der Waals surface area contributed by atoms with Crippen molar-refractivity contribution in [3.8, 4) is 11.6 Å². The van der Waals surface area contributed by atoms with Crippen molar-refractivity contribution >= 4 is 38.2 Å². The summed E-state index contributed by atoms with van der Waals surface area (Å²) in [6.07, 6.45) is 4.12. The van der Waals surface area contributed by atoms with E-state index in [9.17, 15) is 13.2 Å². The van der Waals surface area contributed by atoms with E-state index in [0.29, 0.717) is 6.61 Å². The standard InChI is InChI=1S/C26H28N8O4S/c1-4-10-33-25(35)19-14-27-26(30-24(19)34(33)22-6-5-7-23(29-22)39(3,36)37)28-17-8-9-21-20(13-17)32-12-11-31(2)15-18(32)16-38-21/h4-9,13-14,18H,1,10-12,15-16H2,2-3H3,(H,27,28,30)/t18-/m0/s1. The lowest BCUT2D eigenvalue weighted by Crippen LogP contribution is -2.56. The number of rotatable bonds is 6. The first kappa shape index (κ1) is 25.1. The van der Waals surface area contributed by atoms with E-state index in [-0.39, 0.29) is 46.0 Å². The van der Waals surface area contributed by atoms with E-state index in [2.05, 4.69) is 43.7 Å². The number of sulfone groups is 1. The van der Waals surface area contributed by atoms with E-state index >= 15 is 0 Å². The number of piperazine rings is 1. The van der Waals surface area contributed by atoms with E-state index < -0.39 is 9.84 Å². The summed E-state index contributed by atoms with van der Waals surface area (Å²) in [4.78, 5) is 31.2. The molecule has 12 nitrogen and oxygen atoms in total. The number of likely N-dealkylation sites (N-methyl/N-ethyl adjacent to an activating group) is 1. The van der Waals surface area contributed by atoms with Gasteiger partial charge in [-0.1, -0.05) is 12.1 Å². The van der Waals surface area contributed by atoms with Crippen molar-refractivity contribution in [2.24, 2.45) is 0 Å². The molecule has 0 bridgehead atoms. The van der Waals surface area contributed by atoms with E-state index in [0.717, 1.165) is 43.0 Å². The summed E-state index contributed by atoms with van der Waals surface area (Å²) in [5.41, 5.74) is 1.74. The average molecular weight is 549 g/mol. The minimum absolute atomic E-state index is 0.106. The van der Waals surface area contributed by atoms with Crippen LogP contribution in [0.4, 0.5) is 17.3 Å². The number of nitrogens with one attached hydrogen (secondary N) is 1. The maximum absolute atomic E-state index is 13.2. The monoisotopic (exact) mass is 548 g/mol. The van der Waals surface area contributed by atoms with Gasteiger partial charge < -0.3 is 19.9 Å². The van der Waals surface area contributed by atoms with E-state index in [1.165, 1.54) is 21.6 Å². The fourth-order valence-electron chi connectivity index (χ4n) is 5.06. The van der Waals surface area contributed by atoms with Crippen LogP contribution in [-0.4, -0.2) is 83.2 Å². The second-order valence-electron chi connectivity index (χ2n) is 9.75. The zero-order valence-electron chi connectivity index (χ0n) is 21.6. The number of nitrogens with zero attached hydrogens (tertiary/aromatic N) is 7. The lowest BCUT2D eigenvalue weighted by molar-refractivity contribution is 0.188. The summed E-state index contributed by atoms with van der Waals surface area (Å²) in [5.74, 6) is 1.35. The Morgan fingerprint density at radius 1 is 1.21 bits per heavy atom. The summed E-state index contributed by atoms with van der Waals surface area (Å²) in [6.45, 7) is 7.38. The van der Waals surface area contributed by atoms with Crippen molar-refractivity contribution in [3.63, 3.8) is 0 Å². The van der Waals surface area contributed by atoms with Crippen molar-refractivity contribution < 1.29 is 13.2 Å². The molecular formula is C26H28N8O4S. The molecule has 4 aromatic rings. The van der Waals surface area contributed by atoms with Gasteiger partial charge in [-0.3, -0.25) is 4.79 Å². The zero-order chi connectivity index (χ0) is 27.3. The maximum atomic E-state index is 13.2. The molecule has 0 aliphatic carbocycles. The molecule has 1 fully saturated rings. The molecule has 1 aromatic carbocycles. The molecule has 39 heavy (non-hydrogen) atoms. The predicted molar refractivity (Wildman–Crippen MR) is 148 cm³/mol. The quantitative estimate of drug-likeness (QED) is 0.357. The second kappa shape index (κ2) is 9.50. The van der Waals surface area contributed by atoms with Gasteiger partial charge in [-0.15, -0.1) is 6.58 Å². The van der Waals surface area contributed by atoms with Gasteiger partial charge >= 0.3 is 0 Å². The van der Waals surface area contributed by atoms with E-state index in [1.807, 2.05) is 18.2 Å². The number of anilines is 3. The summed E-state index contributed by atoms with van der Waals surface area (Å²) >= 11 is 0. The van der Waals surface area contributed by atoms with Gasteiger partial charge in [-0.25, -0.2) is 27.7 Å². The molecule has 0 spiro atoms. The van der Waals surface area contributed by atoms with Crippen molar-refractivity contribution in [3.05, 3.63) is 65.6 Å². The summed E-state index contributed by atoms with van der Waals surface area (Å²) < 4.78 is 33.2. The first-order valence-corrected chi connectivity index (χ1v) is 14.4. The molecule has 1 N–H and O–H groups in total. The average Bonchev–Trinajstić information content (AvgIpc) is 3.18. The van der Waals surface area contributed by atoms with Crippen LogP contribution >= 0.6 is 0 Å². The Hall–Kier alpha value is -4.23. The Balaban J connectivity index is 1.41. The normalized spacial score (nSPS) is 17.4. The first-order chi connectivity index (χ1) is 18.7. The van der Waals surface area contributed by atoms with Crippen molar-refractivity contribution in [2.45, 2.75) is 17.6 Å². The topological polar surface area (TPSA) is 127 Å². The molecule has 0 amide bonds. The third-order valence-electron chi connectivity index (χ3n) is 6.92. The van der Waals surface area contributed by atoms with Crippen LogP contribution in [0.1, 0.15) is 0 Å². The minimum atomic E-state index is -3.57. The Labute approximate surface area is 225 Å². The van der Waals surface area contributed by atoms with Gasteiger partial charge in [-0.05, 0) is 37.4 Å². The number of aromatic nitrogens is 5. The van der Waals surface area contributed by atoms with Gasteiger partial charge in [-0.2, -0.15) is 4.98 Å². The summed E-state index contributed by atoms with van der Waals surface area (Å²) in [5, 5.41) is 3.41. The Morgan fingerprint density at radius 3 is 2.85 bits per heavy atom. The van der Waals surface area contributed by atoms with Crippen LogP contribution in [0.3, 0.4) is 0 Å². The number of pyridine rings is 1. The Morgan fingerprint density at radius 2 is 2.05 bits per heavy atom. The molecular weight excluding hydrogens is 520 g/mol. The van der Waals surface area contributed by atoms with Gasteiger partial charge in [0.2, 0.25) is 5.95 Å². The van der Waals surface area contributed by atoms with Crippen LogP contribution in [-0.2, 0) is 16.4 Å². The minimum Gasteiger partial charge on any atom is -0.489 e. The fraction of sp³-hybridized carbons (Fsp3) is 0.308. The smallest absolute Gasteiger partial charge is 0.278 e. The number of benzene rings is 1. The van der Waals surface area contributed by atoms with Crippen LogP contribution in [0.15, 0.2) is 65.1 Å². The van der Waals surface area contributed by atoms with Crippen LogP contribution in [0.25, 0.3) is 16.9 Å². The Kier molecular flexibility index (Phi) is 6.11. The van der Waals surface area contributed by atoms with Crippen LogP contribution in [0.5, 0.6) is 5.75 Å². The number of allylic oxidation sites excluding steroid dienone is 1. The fourth-order valence-corrected chi connectivity index (χ4v) is 5.65. The SMILES string of the molecule is C=CCn1c(=O)c2cnc(Nc3ccc4c(c3)N3CCN(C)C[C@H]3CO4)nc2n1-c1cccc(S(C)(=O)=O)n1. The molecule has 0 unspecified atom stereocenters. The third kappa shape index (κ3) is 4.53. The third-order valence-corrected chi connectivity index (χ3v) is 7.91. The molecule has 5 heterocycles. The van der Waals surface area contributed by atoms with Gasteiger partial charge in [0.1, 0.15) is 17.7 Å². The van der Waals surface area contributed by atoms with Crippen LogP contribution < -0.4 is 20.5 Å². The molecule has 202 valence electrons. The van der Waals surface area contributed by atoms with E-state index in [1.54, 1.807) is 18.2 Å². The number of hydrogen-bond acceptors (Lipinski definition) is 10. The van der Waals surface area contributed by atoms with Crippen molar-refractivity contribution in [2.75, 3.05) is 49.8 Å². The molecule has 6 rings (SSSR count). The van der Waals surface area contributed by atoms with Gasteiger partial charge in [0, 0.05) is 37.8 Å². The number of hydrogen-bond donors (Lipinski definition) is 1. The van der Waals surface area contributed by atoms with Gasteiger partial charge in [0.15, 0.2) is 26.3 Å². The molecule has 0 saturated carbocycles. The zero-order valence-corrected chi connectivity index (χ0v) is 22.4. The summed E-state index contributed by atoms with van der Waals surface area (Å²) in [6, 6.07) is 10.7. The second-order valence-corrected chi connectivity index (χ2v) is 11.7. The maximum Gasteiger partial charge on any atom is 0.278 e. The highest BCUT2D eigenvalue weighted by molar-refractivity contribution is 7.90. The highest BCUT2D eigenvalue weighted by Crippen LogP contribution is 2.37. The lowest BCUT2D eigenvalue weighted by atomic mass is 10.1. The molecule has 0 radical (unpaired) electrons. The molecule has 13 heteroatoms. The predicted octanol–water partition coefficient (Wildman–Crippen LogP) is 1.82. The van der Waals surface area contributed by atoms with E-state index in [4.69, 9.17) is 4.74 Å². The summed E-state index contributed by atoms with van der Waals surface area (Å²) in [7, 11) is -1.45. The molecule has 1 saturated heterocycles.